The maximum absolute atomic E-state index is 12.0. The zero-order valence-electron chi connectivity index (χ0n) is 11.2. The van der Waals surface area contributed by atoms with Gasteiger partial charge in [-0.3, -0.25) is 9.59 Å². The monoisotopic (exact) mass is 325 g/mol. The second-order valence-corrected chi connectivity index (χ2v) is 5.41. The van der Waals surface area contributed by atoms with Crippen molar-refractivity contribution >= 4 is 42.0 Å². The summed E-state index contributed by atoms with van der Waals surface area (Å²) in [5.74, 6) is -0.720. The minimum absolute atomic E-state index is 0. The number of thioether (sulfide) groups is 1. The lowest BCUT2D eigenvalue weighted by Crippen LogP contribution is -2.49. The van der Waals surface area contributed by atoms with Crippen LogP contribution in [0.3, 0.4) is 0 Å². The minimum atomic E-state index is -0.982. The van der Waals surface area contributed by atoms with Gasteiger partial charge in [0, 0.05) is 19.2 Å². The van der Waals surface area contributed by atoms with E-state index in [1.807, 2.05) is 0 Å². The summed E-state index contributed by atoms with van der Waals surface area (Å²) >= 11 is 1.33. The van der Waals surface area contributed by atoms with E-state index in [-0.39, 0.29) is 24.2 Å². The van der Waals surface area contributed by atoms with Crippen LogP contribution in [0.25, 0.3) is 0 Å². The van der Waals surface area contributed by atoms with Gasteiger partial charge in [0.2, 0.25) is 11.8 Å². The Bertz CT molecular complexity index is 370. The van der Waals surface area contributed by atoms with E-state index in [0.717, 1.165) is 0 Å². The number of rotatable bonds is 6. The second kappa shape index (κ2) is 9.04. The molecule has 2 atom stereocenters. The maximum atomic E-state index is 12.0. The van der Waals surface area contributed by atoms with Gasteiger partial charge < -0.3 is 21.1 Å². The molecule has 0 bridgehead atoms. The van der Waals surface area contributed by atoms with Crippen molar-refractivity contribution in [3.05, 3.63) is 0 Å². The van der Waals surface area contributed by atoms with Crippen LogP contribution in [0.15, 0.2) is 0 Å². The van der Waals surface area contributed by atoms with Crippen molar-refractivity contribution in [3.8, 4) is 0 Å². The first kappa shape index (κ1) is 19.0. The predicted octanol–water partition coefficient (Wildman–Crippen LogP) is -0.362. The molecule has 7 nitrogen and oxygen atoms in total. The van der Waals surface area contributed by atoms with E-state index in [4.69, 9.17) is 10.8 Å². The minimum Gasteiger partial charge on any atom is -0.480 e. The van der Waals surface area contributed by atoms with Crippen molar-refractivity contribution in [2.75, 3.05) is 18.2 Å². The smallest absolute Gasteiger partial charge is 0.326 e. The standard InChI is InChI=1S/C11H19N3O4S.ClH/c1-7(15)13-6-19-5-8(12)10(16)14-4-2-3-9(14)11(17)18;/h8-9H,2-6,12H2,1H3,(H,13,15)(H,17,18);1H/t8-,9-;/m0./s1. The third-order valence-corrected chi connectivity index (χ3v) is 3.80. The molecule has 4 N–H and O–H groups in total. The van der Waals surface area contributed by atoms with Crippen molar-refractivity contribution in [2.24, 2.45) is 5.73 Å². The first-order chi connectivity index (χ1) is 8.93. The molecule has 0 radical (unpaired) electrons. The van der Waals surface area contributed by atoms with Gasteiger partial charge in [0.1, 0.15) is 6.04 Å². The molecule has 1 aliphatic heterocycles. The highest BCUT2D eigenvalue weighted by Crippen LogP contribution is 2.18. The van der Waals surface area contributed by atoms with Crippen LogP contribution in [0.4, 0.5) is 0 Å². The van der Waals surface area contributed by atoms with Crippen LogP contribution in [0.1, 0.15) is 19.8 Å². The van der Waals surface area contributed by atoms with E-state index >= 15 is 0 Å². The summed E-state index contributed by atoms with van der Waals surface area (Å²) in [6, 6.07) is -1.49. The molecule has 20 heavy (non-hydrogen) atoms. The van der Waals surface area contributed by atoms with Crippen molar-refractivity contribution in [3.63, 3.8) is 0 Å². The molecule has 0 aromatic heterocycles. The molecule has 0 aromatic rings. The normalized spacial score (nSPS) is 19.1. The summed E-state index contributed by atoms with van der Waals surface area (Å²) in [7, 11) is 0. The number of carboxylic acids is 1. The van der Waals surface area contributed by atoms with Gasteiger partial charge in [-0.1, -0.05) is 0 Å². The fourth-order valence-electron chi connectivity index (χ4n) is 1.91. The molecule has 0 unspecified atom stereocenters. The molecule has 0 spiro atoms. The van der Waals surface area contributed by atoms with Crippen LogP contribution >= 0.6 is 24.2 Å². The van der Waals surface area contributed by atoms with Gasteiger partial charge in [-0.15, -0.1) is 24.2 Å². The molecule has 1 fully saturated rings. The molecule has 0 aliphatic carbocycles. The fraction of sp³-hybridized carbons (Fsp3) is 0.727. The van der Waals surface area contributed by atoms with Crippen LogP contribution < -0.4 is 11.1 Å². The average Bonchev–Trinajstić information content (AvgIpc) is 2.82. The lowest BCUT2D eigenvalue weighted by atomic mass is 10.2. The van der Waals surface area contributed by atoms with E-state index in [1.165, 1.54) is 23.6 Å². The van der Waals surface area contributed by atoms with Crippen molar-refractivity contribution in [2.45, 2.75) is 31.8 Å². The van der Waals surface area contributed by atoms with Crippen LogP contribution in [-0.4, -0.2) is 58.0 Å². The Kier molecular flexibility index (Phi) is 8.59. The van der Waals surface area contributed by atoms with Gasteiger partial charge in [0.05, 0.1) is 11.9 Å². The Morgan fingerprint density at radius 2 is 2.15 bits per heavy atom. The number of hydrogen-bond acceptors (Lipinski definition) is 5. The highest BCUT2D eigenvalue weighted by molar-refractivity contribution is 7.99. The number of nitrogens with zero attached hydrogens (tertiary/aromatic N) is 1. The number of carboxylic acid groups (broad SMARTS) is 1. The third kappa shape index (κ3) is 5.56. The largest absolute Gasteiger partial charge is 0.480 e. The molecule has 116 valence electrons. The summed E-state index contributed by atoms with van der Waals surface area (Å²) in [4.78, 5) is 35.0. The first-order valence-corrected chi connectivity index (χ1v) is 7.20. The van der Waals surface area contributed by atoms with Crippen LogP contribution in [0, 0.1) is 0 Å². The lowest BCUT2D eigenvalue weighted by molar-refractivity contribution is -0.148. The molecule has 1 saturated heterocycles. The highest BCUT2D eigenvalue weighted by atomic mass is 35.5. The lowest BCUT2D eigenvalue weighted by Gasteiger charge is -2.24. The highest BCUT2D eigenvalue weighted by Gasteiger charge is 2.35. The summed E-state index contributed by atoms with van der Waals surface area (Å²) in [5, 5.41) is 11.6. The van der Waals surface area contributed by atoms with Gasteiger partial charge in [-0.05, 0) is 12.8 Å². The Morgan fingerprint density at radius 1 is 1.50 bits per heavy atom. The summed E-state index contributed by atoms with van der Waals surface area (Å²) in [6.45, 7) is 1.85. The number of aliphatic carboxylic acids is 1. The van der Waals surface area contributed by atoms with E-state index in [9.17, 15) is 14.4 Å². The Morgan fingerprint density at radius 3 is 2.70 bits per heavy atom. The van der Waals surface area contributed by atoms with Gasteiger partial charge in [0.15, 0.2) is 0 Å². The number of hydrogen-bond donors (Lipinski definition) is 3. The first-order valence-electron chi connectivity index (χ1n) is 6.04. The number of amides is 2. The fourth-order valence-corrected chi connectivity index (χ4v) is 2.73. The molecule has 9 heteroatoms. The van der Waals surface area contributed by atoms with Crippen LogP contribution in [0.2, 0.25) is 0 Å². The zero-order chi connectivity index (χ0) is 14.4. The summed E-state index contributed by atoms with van der Waals surface area (Å²) < 4.78 is 0. The van der Waals surface area contributed by atoms with Crippen molar-refractivity contribution in [1.29, 1.82) is 0 Å². The summed E-state index contributed by atoms with van der Waals surface area (Å²) in [5.41, 5.74) is 5.76. The van der Waals surface area contributed by atoms with E-state index < -0.39 is 18.1 Å². The maximum Gasteiger partial charge on any atom is 0.326 e. The number of nitrogens with one attached hydrogen (secondary N) is 1. The topological polar surface area (TPSA) is 113 Å². The Labute approximate surface area is 128 Å². The molecular formula is C11H20ClN3O4S. The van der Waals surface area contributed by atoms with Crippen LogP contribution in [-0.2, 0) is 14.4 Å². The Hall–Kier alpha value is -0.990. The van der Waals surface area contributed by atoms with E-state index in [2.05, 4.69) is 5.32 Å². The van der Waals surface area contributed by atoms with Crippen molar-refractivity contribution in [1.82, 2.24) is 10.2 Å². The van der Waals surface area contributed by atoms with Gasteiger partial charge >= 0.3 is 5.97 Å². The quantitative estimate of drug-likeness (QED) is 0.454. The number of carbonyl (C=O) groups is 3. The number of likely N-dealkylation sites (tertiary alicyclic amines) is 1. The molecule has 1 heterocycles. The summed E-state index contributed by atoms with van der Waals surface area (Å²) in [6.07, 6.45) is 1.17. The zero-order valence-corrected chi connectivity index (χ0v) is 12.8. The van der Waals surface area contributed by atoms with Crippen LogP contribution in [0.5, 0.6) is 0 Å². The average molecular weight is 326 g/mol. The number of nitrogens with two attached hydrogens (primary N) is 1. The number of halogens is 1. The van der Waals surface area contributed by atoms with Gasteiger partial charge in [-0.2, -0.15) is 0 Å². The molecule has 1 aliphatic rings. The van der Waals surface area contributed by atoms with Gasteiger partial charge in [0.25, 0.3) is 0 Å². The molecule has 0 aromatic carbocycles. The number of carbonyl (C=O) groups excluding carboxylic acids is 2. The SMILES string of the molecule is CC(=O)NCSC[C@H](N)C(=O)N1CCC[C@H]1C(=O)O.Cl. The van der Waals surface area contributed by atoms with Crippen molar-refractivity contribution < 1.29 is 19.5 Å². The molecular weight excluding hydrogens is 306 g/mol. The molecule has 2 amide bonds. The van der Waals surface area contributed by atoms with E-state index in [0.29, 0.717) is 31.0 Å². The second-order valence-electron chi connectivity index (χ2n) is 4.38. The predicted molar refractivity (Wildman–Crippen MR) is 78.7 cm³/mol. The van der Waals surface area contributed by atoms with E-state index in [1.54, 1.807) is 0 Å². The molecule has 0 saturated carbocycles. The third-order valence-electron chi connectivity index (χ3n) is 2.86. The molecule has 1 rings (SSSR count). The van der Waals surface area contributed by atoms with Gasteiger partial charge in [-0.25, -0.2) is 4.79 Å². The Balaban J connectivity index is 0.00000361.